The highest BCUT2D eigenvalue weighted by molar-refractivity contribution is 5.43. The van der Waals surface area contributed by atoms with Gasteiger partial charge in [-0.1, -0.05) is 19.1 Å². The molecular weight excluding hydrogens is 242 g/mol. The summed E-state index contributed by atoms with van der Waals surface area (Å²) in [5.74, 6) is 0.831. The van der Waals surface area contributed by atoms with Gasteiger partial charge in [0.15, 0.2) is 0 Å². The topological polar surface area (TPSA) is 47.9 Å². The van der Waals surface area contributed by atoms with Crippen LogP contribution in [0.15, 0.2) is 29.3 Å². The summed E-state index contributed by atoms with van der Waals surface area (Å²) in [5, 5.41) is 0. The van der Waals surface area contributed by atoms with Gasteiger partial charge < -0.3 is 9.47 Å². The minimum atomic E-state index is -0.329. The van der Waals surface area contributed by atoms with Crippen LogP contribution in [0.5, 0.6) is 5.75 Å². The van der Waals surface area contributed by atoms with Gasteiger partial charge >= 0.3 is 0 Å². The van der Waals surface area contributed by atoms with E-state index in [9.17, 15) is 4.79 Å². The molecule has 100 valence electrons. The van der Waals surface area contributed by atoms with Crippen LogP contribution in [0.25, 0.3) is 0 Å². The van der Waals surface area contributed by atoms with Crippen molar-refractivity contribution in [1.29, 1.82) is 0 Å². The Bertz CT molecular complexity index is 526. The fraction of sp³-hybridized carbons (Fsp3) is 0.533. The second-order valence-electron chi connectivity index (χ2n) is 5.85. The summed E-state index contributed by atoms with van der Waals surface area (Å²) in [7, 11) is 0. The van der Waals surface area contributed by atoms with Crippen LogP contribution in [-0.4, -0.2) is 25.9 Å². The molecule has 0 radical (unpaired) electrons. The van der Waals surface area contributed by atoms with E-state index < -0.39 is 0 Å². The van der Waals surface area contributed by atoms with Crippen molar-refractivity contribution in [3.05, 3.63) is 29.8 Å². The second kappa shape index (κ2) is 4.48. The highest BCUT2D eigenvalue weighted by Gasteiger charge is 2.45. The van der Waals surface area contributed by atoms with E-state index >= 15 is 0 Å². The lowest BCUT2D eigenvalue weighted by molar-refractivity contribution is -0.120. The largest absolute Gasteiger partial charge is 0.493 e. The van der Waals surface area contributed by atoms with Crippen LogP contribution >= 0.6 is 0 Å². The van der Waals surface area contributed by atoms with E-state index in [1.807, 2.05) is 24.3 Å². The Morgan fingerprint density at radius 2 is 2.21 bits per heavy atom. The van der Waals surface area contributed by atoms with Crippen molar-refractivity contribution in [3.8, 4) is 5.75 Å². The first-order chi connectivity index (χ1) is 9.16. The summed E-state index contributed by atoms with van der Waals surface area (Å²) in [6.07, 6.45) is 3.51. The monoisotopic (exact) mass is 259 g/mol. The molecule has 1 aromatic rings. The SMILES string of the molecule is CC1(COc2cccc(C3(N=C=O)CC3)c2)COC1. The summed E-state index contributed by atoms with van der Waals surface area (Å²) in [6, 6.07) is 7.86. The molecule has 1 aliphatic carbocycles. The lowest BCUT2D eigenvalue weighted by Crippen LogP contribution is -2.44. The lowest BCUT2D eigenvalue weighted by Gasteiger charge is -2.37. The first-order valence-electron chi connectivity index (χ1n) is 6.56. The zero-order valence-corrected chi connectivity index (χ0v) is 11.0. The minimum absolute atomic E-state index is 0.133. The van der Waals surface area contributed by atoms with Gasteiger partial charge in [0, 0.05) is 5.41 Å². The number of carbonyl (C=O) groups excluding carboxylic acids is 1. The number of rotatable bonds is 5. The van der Waals surface area contributed by atoms with Gasteiger partial charge in [0.25, 0.3) is 0 Å². The fourth-order valence-corrected chi connectivity index (χ4v) is 2.34. The van der Waals surface area contributed by atoms with Crippen LogP contribution in [0.1, 0.15) is 25.3 Å². The van der Waals surface area contributed by atoms with Crippen LogP contribution < -0.4 is 4.74 Å². The molecule has 0 aromatic heterocycles. The Labute approximate surface area is 112 Å². The summed E-state index contributed by atoms with van der Waals surface area (Å²) in [6.45, 7) is 4.32. The second-order valence-corrected chi connectivity index (χ2v) is 5.85. The molecule has 1 saturated carbocycles. The van der Waals surface area contributed by atoms with Crippen molar-refractivity contribution in [3.63, 3.8) is 0 Å². The molecule has 4 heteroatoms. The molecule has 1 saturated heterocycles. The van der Waals surface area contributed by atoms with E-state index in [-0.39, 0.29) is 11.0 Å². The predicted molar refractivity (Wildman–Crippen MR) is 69.9 cm³/mol. The number of benzene rings is 1. The van der Waals surface area contributed by atoms with Crippen LogP contribution in [-0.2, 0) is 15.1 Å². The van der Waals surface area contributed by atoms with Gasteiger partial charge in [-0.3, -0.25) is 0 Å². The Kier molecular flexibility index (Phi) is 2.92. The van der Waals surface area contributed by atoms with Gasteiger partial charge in [0.1, 0.15) is 5.75 Å². The van der Waals surface area contributed by atoms with E-state index in [2.05, 4.69) is 11.9 Å². The molecular formula is C15H17NO3. The number of isocyanates is 1. The molecule has 0 amide bonds. The number of aliphatic imine (C=N–C) groups is 1. The third-order valence-corrected chi connectivity index (χ3v) is 3.84. The molecule has 2 aliphatic rings. The van der Waals surface area contributed by atoms with Crippen molar-refractivity contribution in [2.24, 2.45) is 10.4 Å². The van der Waals surface area contributed by atoms with E-state index in [0.29, 0.717) is 6.61 Å². The van der Waals surface area contributed by atoms with Crippen molar-refractivity contribution < 1.29 is 14.3 Å². The van der Waals surface area contributed by atoms with Gasteiger partial charge in [-0.05, 0) is 30.5 Å². The minimum Gasteiger partial charge on any atom is -0.493 e. The zero-order valence-electron chi connectivity index (χ0n) is 11.0. The average Bonchev–Trinajstić information content (AvgIpc) is 3.16. The molecule has 0 unspecified atom stereocenters. The predicted octanol–water partition coefficient (Wildman–Crippen LogP) is 2.43. The van der Waals surface area contributed by atoms with E-state index in [1.165, 1.54) is 0 Å². The van der Waals surface area contributed by atoms with Gasteiger partial charge in [-0.15, -0.1) is 0 Å². The van der Waals surface area contributed by atoms with E-state index in [1.54, 1.807) is 6.08 Å². The molecule has 0 spiro atoms. The molecule has 19 heavy (non-hydrogen) atoms. The summed E-state index contributed by atoms with van der Waals surface area (Å²) in [4.78, 5) is 14.4. The number of hydrogen-bond acceptors (Lipinski definition) is 4. The molecule has 1 aromatic carbocycles. The van der Waals surface area contributed by atoms with Crippen LogP contribution in [0.4, 0.5) is 0 Å². The van der Waals surface area contributed by atoms with Gasteiger partial charge in [0.2, 0.25) is 6.08 Å². The summed E-state index contributed by atoms with van der Waals surface area (Å²) in [5.41, 5.74) is 0.849. The maximum absolute atomic E-state index is 10.5. The maximum Gasteiger partial charge on any atom is 0.235 e. The quantitative estimate of drug-likeness (QED) is 0.602. The molecule has 0 bridgehead atoms. The third-order valence-electron chi connectivity index (χ3n) is 3.84. The average molecular weight is 259 g/mol. The number of nitrogens with zero attached hydrogens (tertiary/aromatic N) is 1. The van der Waals surface area contributed by atoms with E-state index in [4.69, 9.17) is 9.47 Å². The molecule has 0 atom stereocenters. The van der Waals surface area contributed by atoms with Gasteiger partial charge in [0.05, 0.1) is 25.4 Å². The molecule has 4 nitrogen and oxygen atoms in total. The highest BCUT2D eigenvalue weighted by atomic mass is 16.5. The van der Waals surface area contributed by atoms with E-state index in [0.717, 1.165) is 37.4 Å². The smallest absolute Gasteiger partial charge is 0.235 e. The van der Waals surface area contributed by atoms with Crippen molar-refractivity contribution >= 4 is 6.08 Å². The Morgan fingerprint density at radius 1 is 1.42 bits per heavy atom. The maximum atomic E-state index is 10.5. The number of ether oxygens (including phenoxy) is 2. The molecule has 3 rings (SSSR count). The van der Waals surface area contributed by atoms with Crippen LogP contribution in [0, 0.1) is 5.41 Å². The van der Waals surface area contributed by atoms with Gasteiger partial charge in [-0.25, -0.2) is 4.79 Å². The van der Waals surface area contributed by atoms with Crippen molar-refractivity contribution in [2.75, 3.05) is 19.8 Å². The molecule has 1 heterocycles. The van der Waals surface area contributed by atoms with Crippen LogP contribution in [0.2, 0.25) is 0 Å². The van der Waals surface area contributed by atoms with Crippen LogP contribution in [0.3, 0.4) is 0 Å². The Balaban J connectivity index is 1.71. The first kappa shape index (κ1) is 12.4. The molecule has 1 aliphatic heterocycles. The van der Waals surface area contributed by atoms with Gasteiger partial charge in [-0.2, -0.15) is 4.99 Å². The Morgan fingerprint density at radius 3 is 2.79 bits per heavy atom. The standard InChI is InChI=1S/C15H17NO3/c1-14(8-18-9-14)10-19-13-4-2-3-12(7-13)15(5-6-15)16-11-17/h2-4,7H,5-6,8-10H2,1H3. The van der Waals surface area contributed by atoms with Crippen molar-refractivity contribution in [2.45, 2.75) is 25.3 Å². The normalized spacial score (nSPS) is 21.9. The lowest BCUT2D eigenvalue weighted by atomic mass is 9.90. The zero-order chi connectivity index (χ0) is 13.3. The molecule has 0 N–H and O–H groups in total. The summed E-state index contributed by atoms with van der Waals surface area (Å²) >= 11 is 0. The summed E-state index contributed by atoms with van der Waals surface area (Å²) < 4.78 is 11.0. The highest BCUT2D eigenvalue weighted by Crippen LogP contribution is 2.49. The Hall–Kier alpha value is -1.64. The third kappa shape index (κ3) is 2.42. The van der Waals surface area contributed by atoms with Crippen molar-refractivity contribution in [1.82, 2.24) is 0 Å². The molecule has 2 fully saturated rings. The first-order valence-corrected chi connectivity index (χ1v) is 6.56. The number of hydrogen-bond donors (Lipinski definition) is 0. The fourth-order valence-electron chi connectivity index (χ4n) is 2.34.